The number of hydrogen-bond donors (Lipinski definition) is 1. The minimum atomic E-state index is 0.00470. The molecule has 0 atom stereocenters. The molecule has 142 valence electrons. The molecule has 0 bridgehead atoms. The van der Waals surface area contributed by atoms with Gasteiger partial charge in [0.15, 0.2) is 0 Å². The zero-order valence-electron chi connectivity index (χ0n) is 15.9. The molecule has 2 aromatic heterocycles. The van der Waals surface area contributed by atoms with Crippen LogP contribution in [0.15, 0.2) is 67.0 Å². The van der Waals surface area contributed by atoms with Crippen molar-refractivity contribution in [1.29, 1.82) is 0 Å². The number of fused-ring (bicyclic) bond motifs is 2. The van der Waals surface area contributed by atoms with E-state index in [1.165, 1.54) is 16.5 Å². The van der Waals surface area contributed by atoms with Gasteiger partial charge in [-0.15, -0.1) is 0 Å². The third kappa shape index (κ3) is 3.75. The summed E-state index contributed by atoms with van der Waals surface area (Å²) in [6.07, 6.45) is 5.01. The Morgan fingerprint density at radius 2 is 1.93 bits per heavy atom. The number of aryl methyl sites for hydroxylation is 1. The molecule has 0 unspecified atom stereocenters. The van der Waals surface area contributed by atoms with Gasteiger partial charge in [0.1, 0.15) is 0 Å². The van der Waals surface area contributed by atoms with E-state index < -0.39 is 0 Å². The molecule has 0 aliphatic heterocycles. The fraction of sp³-hybridized carbons (Fsp3) is 0.217. The van der Waals surface area contributed by atoms with Crippen molar-refractivity contribution < 1.29 is 9.53 Å². The summed E-state index contributed by atoms with van der Waals surface area (Å²) in [5.41, 5.74) is 4.04. The Balaban J connectivity index is 1.49. The van der Waals surface area contributed by atoms with Gasteiger partial charge >= 0.3 is 0 Å². The second-order valence-electron chi connectivity index (χ2n) is 6.78. The number of pyridine rings is 1. The van der Waals surface area contributed by atoms with Gasteiger partial charge in [-0.25, -0.2) is 0 Å². The number of anilines is 1. The Kier molecular flexibility index (Phi) is 5.35. The fourth-order valence-electron chi connectivity index (χ4n) is 3.57. The molecular formula is C23H23N3O2. The van der Waals surface area contributed by atoms with E-state index >= 15 is 0 Å². The zero-order valence-corrected chi connectivity index (χ0v) is 15.9. The lowest BCUT2D eigenvalue weighted by molar-refractivity contribution is -0.116. The highest BCUT2D eigenvalue weighted by atomic mass is 16.5. The van der Waals surface area contributed by atoms with Gasteiger partial charge in [0.05, 0.1) is 17.8 Å². The molecule has 4 rings (SSSR count). The van der Waals surface area contributed by atoms with E-state index in [1.807, 2.05) is 42.5 Å². The van der Waals surface area contributed by atoms with E-state index in [9.17, 15) is 4.79 Å². The smallest absolute Gasteiger partial charge is 0.224 e. The van der Waals surface area contributed by atoms with Crippen molar-refractivity contribution >= 4 is 33.4 Å². The average molecular weight is 373 g/mol. The fourth-order valence-corrected chi connectivity index (χ4v) is 3.57. The Labute approximate surface area is 164 Å². The van der Waals surface area contributed by atoms with Crippen molar-refractivity contribution in [1.82, 2.24) is 9.55 Å². The first-order valence-corrected chi connectivity index (χ1v) is 9.45. The van der Waals surface area contributed by atoms with Crippen LogP contribution in [0, 0.1) is 0 Å². The van der Waals surface area contributed by atoms with Gasteiger partial charge in [-0.05, 0) is 42.3 Å². The van der Waals surface area contributed by atoms with Crippen LogP contribution in [-0.4, -0.2) is 29.2 Å². The monoisotopic (exact) mass is 373 g/mol. The van der Waals surface area contributed by atoms with Crippen molar-refractivity contribution in [3.63, 3.8) is 0 Å². The first kappa shape index (κ1) is 18.2. The van der Waals surface area contributed by atoms with Gasteiger partial charge in [0.25, 0.3) is 0 Å². The zero-order chi connectivity index (χ0) is 19.3. The molecule has 0 saturated carbocycles. The van der Waals surface area contributed by atoms with Gasteiger partial charge in [0.2, 0.25) is 5.91 Å². The number of methoxy groups -OCH3 is 1. The van der Waals surface area contributed by atoms with Crippen LogP contribution in [0.1, 0.15) is 12.0 Å². The van der Waals surface area contributed by atoms with Gasteiger partial charge in [-0.1, -0.05) is 24.3 Å². The van der Waals surface area contributed by atoms with Crippen LogP contribution >= 0.6 is 0 Å². The third-order valence-corrected chi connectivity index (χ3v) is 4.95. The van der Waals surface area contributed by atoms with Crippen molar-refractivity contribution in [3.05, 3.63) is 72.6 Å². The number of rotatable bonds is 7. The van der Waals surface area contributed by atoms with E-state index in [2.05, 4.69) is 33.2 Å². The topological polar surface area (TPSA) is 56.1 Å². The maximum atomic E-state index is 12.6. The molecule has 5 heteroatoms. The first-order chi connectivity index (χ1) is 13.8. The lowest BCUT2D eigenvalue weighted by Gasteiger charge is -2.08. The number of ether oxygens (including phenoxy) is 1. The number of nitrogens with one attached hydrogen (secondary N) is 1. The summed E-state index contributed by atoms with van der Waals surface area (Å²) < 4.78 is 7.41. The highest BCUT2D eigenvalue weighted by molar-refractivity contribution is 6.01. The van der Waals surface area contributed by atoms with Gasteiger partial charge in [0, 0.05) is 48.8 Å². The SMILES string of the molecule is COCCn1cc(CCC(=O)Nc2cccc3ncccc23)c2ccccc21. The normalized spacial score (nSPS) is 11.2. The summed E-state index contributed by atoms with van der Waals surface area (Å²) in [6, 6.07) is 17.9. The van der Waals surface area contributed by atoms with Crippen LogP contribution in [-0.2, 0) is 22.5 Å². The molecular weight excluding hydrogens is 350 g/mol. The number of nitrogens with zero attached hydrogens (tertiary/aromatic N) is 2. The van der Waals surface area contributed by atoms with Crippen LogP contribution < -0.4 is 5.32 Å². The average Bonchev–Trinajstić information content (AvgIpc) is 3.09. The van der Waals surface area contributed by atoms with E-state index in [0.717, 1.165) is 23.1 Å². The molecule has 1 amide bonds. The quantitative estimate of drug-likeness (QED) is 0.522. The third-order valence-electron chi connectivity index (χ3n) is 4.95. The maximum Gasteiger partial charge on any atom is 0.224 e. The molecule has 0 fully saturated rings. The number of para-hydroxylation sites is 1. The highest BCUT2D eigenvalue weighted by Crippen LogP contribution is 2.24. The Bertz CT molecular complexity index is 1110. The second-order valence-corrected chi connectivity index (χ2v) is 6.78. The molecule has 2 aromatic carbocycles. The lowest BCUT2D eigenvalue weighted by atomic mass is 10.1. The van der Waals surface area contributed by atoms with Crippen LogP contribution in [0.5, 0.6) is 0 Å². The van der Waals surface area contributed by atoms with E-state index in [-0.39, 0.29) is 5.91 Å². The van der Waals surface area contributed by atoms with Crippen molar-refractivity contribution in [2.24, 2.45) is 0 Å². The van der Waals surface area contributed by atoms with Crippen molar-refractivity contribution in [2.45, 2.75) is 19.4 Å². The molecule has 4 aromatic rings. The molecule has 0 aliphatic carbocycles. The number of benzene rings is 2. The summed E-state index contributed by atoms with van der Waals surface area (Å²) in [4.78, 5) is 16.9. The molecule has 0 saturated heterocycles. The molecule has 28 heavy (non-hydrogen) atoms. The summed E-state index contributed by atoms with van der Waals surface area (Å²) in [5, 5.41) is 5.19. The van der Waals surface area contributed by atoms with Crippen LogP contribution in [0.2, 0.25) is 0 Å². The largest absolute Gasteiger partial charge is 0.383 e. The van der Waals surface area contributed by atoms with Crippen LogP contribution in [0.3, 0.4) is 0 Å². The molecule has 0 spiro atoms. The number of carbonyl (C=O) groups is 1. The van der Waals surface area contributed by atoms with E-state index in [4.69, 9.17) is 4.74 Å². The highest BCUT2D eigenvalue weighted by Gasteiger charge is 2.11. The van der Waals surface area contributed by atoms with Crippen molar-refractivity contribution in [2.75, 3.05) is 19.0 Å². The Hall–Kier alpha value is -3.18. The van der Waals surface area contributed by atoms with Crippen LogP contribution in [0.4, 0.5) is 5.69 Å². The summed E-state index contributed by atoms with van der Waals surface area (Å²) in [6.45, 7) is 1.46. The summed E-state index contributed by atoms with van der Waals surface area (Å²) in [7, 11) is 1.71. The van der Waals surface area contributed by atoms with Crippen LogP contribution in [0.25, 0.3) is 21.8 Å². The maximum absolute atomic E-state index is 12.6. The molecule has 5 nitrogen and oxygen atoms in total. The van der Waals surface area contributed by atoms with E-state index in [0.29, 0.717) is 19.4 Å². The summed E-state index contributed by atoms with van der Waals surface area (Å²) >= 11 is 0. The minimum Gasteiger partial charge on any atom is -0.383 e. The first-order valence-electron chi connectivity index (χ1n) is 9.45. The van der Waals surface area contributed by atoms with Gasteiger partial charge in [-0.2, -0.15) is 0 Å². The molecule has 0 radical (unpaired) electrons. The molecule has 0 aliphatic rings. The number of carbonyl (C=O) groups excluding carboxylic acids is 1. The Morgan fingerprint density at radius 3 is 2.82 bits per heavy atom. The van der Waals surface area contributed by atoms with Crippen molar-refractivity contribution in [3.8, 4) is 0 Å². The predicted octanol–water partition coefficient (Wildman–Crippen LogP) is 4.41. The lowest BCUT2D eigenvalue weighted by Crippen LogP contribution is -2.12. The standard InChI is InChI=1S/C23H23N3O2/c1-28-15-14-26-16-17(18-6-2-3-10-22(18)26)11-12-23(27)25-21-9-4-8-20-19(21)7-5-13-24-20/h2-10,13,16H,11-12,14-15H2,1H3,(H,25,27). The number of amides is 1. The number of hydrogen-bond acceptors (Lipinski definition) is 3. The molecule has 2 heterocycles. The number of aromatic nitrogens is 2. The summed E-state index contributed by atoms with van der Waals surface area (Å²) in [5.74, 6) is 0.00470. The minimum absolute atomic E-state index is 0.00470. The van der Waals surface area contributed by atoms with Gasteiger partial charge < -0.3 is 14.6 Å². The second kappa shape index (κ2) is 8.23. The van der Waals surface area contributed by atoms with E-state index in [1.54, 1.807) is 13.3 Å². The van der Waals surface area contributed by atoms with Gasteiger partial charge in [-0.3, -0.25) is 9.78 Å². The molecule has 1 N–H and O–H groups in total. The Morgan fingerprint density at radius 1 is 1.07 bits per heavy atom. The predicted molar refractivity (Wildman–Crippen MR) is 113 cm³/mol.